The molecule has 0 unspecified atom stereocenters. The van der Waals surface area contributed by atoms with Gasteiger partial charge in [0, 0.05) is 35.8 Å². The number of halogens is 1. The molecule has 4 rings (SSSR count). The van der Waals surface area contributed by atoms with Crippen molar-refractivity contribution in [2.75, 3.05) is 0 Å². The minimum atomic E-state index is -1.25. The van der Waals surface area contributed by atoms with E-state index in [2.05, 4.69) is 11.4 Å². The third-order valence-electron chi connectivity index (χ3n) is 7.11. The van der Waals surface area contributed by atoms with Crippen molar-refractivity contribution in [1.29, 1.82) is 5.26 Å². The zero-order valence-corrected chi connectivity index (χ0v) is 24.4. The van der Waals surface area contributed by atoms with E-state index < -0.39 is 30.4 Å². The van der Waals surface area contributed by atoms with Crippen LogP contribution in [0, 0.1) is 17.1 Å². The molecule has 10 heteroatoms. The molecule has 45 heavy (non-hydrogen) atoms. The van der Waals surface area contributed by atoms with Crippen molar-refractivity contribution < 1.29 is 29.3 Å². The van der Waals surface area contributed by atoms with Crippen LogP contribution >= 0.6 is 0 Å². The average Bonchev–Trinajstić information content (AvgIpc) is 3.35. The van der Waals surface area contributed by atoms with E-state index in [1.54, 1.807) is 42.5 Å². The molecule has 0 aliphatic carbocycles. The Morgan fingerprint density at radius 1 is 0.956 bits per heavy atom. The number of carboxylic acid groups (broad SMARTS) is 1. The molecule has 228 valence electrons. The molecule has 8 nitrogen and oxygen atoms in total. The van der Waals surface area contributed by atoms with Crippen LogP contribution in [0.25, 0.3) is 28.3 Å². The normalized spacial score (nSPS) is 12.4. The summed E-state index contributed by atoms with van der Waals surface area (Å²) in [7, 11) is 0. The summed E-state index contributed by atoms with van der Waals surface area (Å²) in [5, 5.41) is 41.8. The number of benzene rings is 3. The number of amides is 1. The Labute approximate surface area is 283 Å². The molecule has 0 saturated heterocycles. The Bertz CT molecular complexity index is 1680. The molecule has 0 saturated carbocycles. The van der Waals surface area contributed by atoms with Gasteiger partial charge in [0.25, 0.3) is 5.91 Å². The molecule has 0 aliphatic rings. The van der Waals surface area contributed by atoms with Crippen molar-refractivity contribution in [3.05, 3.63) is 113 Å². The van der Waals surface area contributed by atoms with Crippen LogP contribution < -0.4 is 5.32 Å². The van der Waals surface area contributed by atoms with Crippen LogP contribution in [0.1, 0.15) is 60.0 Å². The molecule has 1 heterocycles. The van der Waals surface area contributed by atoms with Gasteiger partial charge in [0.05, 0.1) is 30.3 Å². The molecule has 3 aromatic carbocycles. The van der Waals surface area contributed by atoms with Crippen LogP contribution in [-0.2, 0) is 11.3 Å². The monoisotopic (exact) mass is 619 g/mol. The van der Waals surface area contributed by atoms with E-state index in [-0.39, 0.29) is 54.5 Å². The first-order valence-corrected chi connectivity index (χ1v) is 14.2. The van der Waals surface area contributed by atoms with Crippen molar-refractivity contribution in [2.24, 2.45) is 0 Å². The quantitative estimate of drug-likeness (QED) is 0.159. The Morgan fingerprint density at radius 3 is 2.16 bits per heavy atom. The Balaban J connectivity index is 0.00000552. The van der Waals surface area contributed by atoms with Gasteiger partial charge in [-0.3, -0.25) is 9.59 Å². The van der Waals surface area contributed by atoms with Gasteiger partial charge in [-0.2, -0.15) is 5.26 Å². The van der Waals surface area contributed by atoms with Gasteiger partial charge >= 0.3 is 35.5 Å². The van der Waals surface area contributed by atoms with E-state index in [9.17, 15) is 24.2 Å². The van der Waals surface area contributed by atoms with Gasteiger partial charge in [-0.15, -0.1) is 0 Å². The van der Waals surface area contributed by atoms with Crippen molar-refractivity contribution in [3.63, 3.8) is 0 Å². The zero-order chi connectivity index (χ0) is 31.8. The number of nitriles is 1. The number of aliphatic hydroxyl groups is 2. The first kappa shape index (κ1) is 35.4. The molecule has 0 radical (unpaired) electrons. The van der Waals surface area contributed by atoms with Crippen LogP contribution in [0.4, 0.5) is 4.39 Å². The van der Waals surface area contributed by atoms with Gasteiger partial charge in [0.1, 0.15) is 11.5 Å². The number of carbonyl (C=O) groups excluding carboxylic acids is 1. The fourth-order valence-corrected chi connectivity index (χ4v) is 5.13. The third kappa shape index (κ3) is 9.01. The Hall–Kier alpha value is -4.04. The van der Waals surface area contributed by atoms with Crippen LogP contribution in [0.2, 0.25) is 0 Å². The summed E-state index contributed by atoms with van der Waals surface area (Å²) in [6.45, 7) is 4.05. The van der Waals surface area contributed by atoms with Gasteiger partial charge in [-0.1, -0.05) is 60.7 Å². The summed E-state index contributed by atoms with van der Waals surface area (Å²) in [5.41, 5.74) is 4.90. The maximum atomic E-state index is 14.1. The van der Waals surface area contributed by atoms with E-state index in [1.807, 2.05) is 48.7 Å². The molecule has 4 aromatic rings. The van der Waals surface area contributed by atoms with E-state index in [0.717, 1.165) is 11.1 Å². The number of aliphatic hydroxyl groups excluding tert-OH is 2. The van der Waals surface area contributed by atoms with Crippen LogP contribution in [-0.4, -0.2) is 73.5 Å². The second kappa shape index (κ2) is 16.3. The minimum absolute atomic E-state index is 0. The van der Waals surface area contributed by atoms with Gasteiger partial charge in [-0.25, -0.2) is 4.39 Å². The molecular weight excluding hydrogens is 584 g/mol. The van der Waals surface area contributed by atoms with Gasteiger partial charge in [0.2, 0.25) is 0 Å². The van der Waals surface area contributed by atoms with E-state index in [0.29, 0.717) is 33.6 Å². The second-order valence-corrected chi connectivity index (χ2v) is 10.7. The summed E-state index contributed by atoms with van der Waals surface area (Å²) in [5.74, 6) is -1.95. The summed E-state index contributed by atoms with van der Waals surface area (Å²) in [6, 6.07) is 24.0. The zero-order valence-electron chi connectivity index (χ0n) is 24.4. The standard InChI is InChI=1S/C35H34FN3O5.Na.H/c1-22(2)39-30(17-16-28(40)18-29(41)19-31(42)43)32(26-12-14-27(36)15-13-26)33(25-6-4-3-5-7-25)34(39)35(44)38-21-24-10-8-23(20-37)9-11-24;;/h3-17,22,28-29,40-41H,18-19,21H2,1-2H3,(H,38,44)(H,42,43);;/b17-16+;;/t28-,29-;;/m1../s1. The molecule has 1 amide bonds. The molecular formula is C35H35FN3NaO5. The van der Waals surface area contributed by atoms with Gasteiger partial charge < -0.3 is 25.2 Å². The summed E-state index contributed by atoms with van der Waals surface area (Å²) < 4.78 is 15.9. The number of rotatable bonds is 12. The van der Waals surface area contributed by atoms with Gasteiger partial charge in [-0.05, 0) is 60.9 Å². The van der Waals surface area contributed by atoms with Crippen molar-refractivity contribution >= 4 is 47.5 Å². The SMILES string of the molecule is CC(C)n1c(/C=C/[C@@H](O)C[C@@H](O)CC(=O)O)c(-c2ccc(F)cc2)c(-c2ccccc2)c1C(=O)NCc1ccc(C#N)cc1.[NaH]. The molecule has 0 spiro atoms. The topological polar surface area (TPSA) is 136 Å². The number of nitrogens with zero attached hydrogens (tertiary/aromatic N) is 2. The number of hydrogen-bond donors (Lipinski definition) is 4. The number of aliphatic carboxylic acids is 1. The Morgan fingerprint density at radius 2 is 1.58 bits per heavy atom. The molecule has 0 aliphatic heterocycles. The van der Waals surface area contributed by atoms with E-state index in [1.165, 1.54) is 18.2 Å². The predicted octanol–water partition coefficient (Wildman–Crippen LogP) is 5.30. The van der Waals surface area contributed by atoms with Gasteiger partial charge in [0.15, 0.2) is 0 Å². The number of aromatic nitrogens is 1. The first-order chi connectivity index (χ1) is 21.1. The second-order valence-electron chi connectivity index (χ2n) is 10.7. The van der Waals surface area contributed by atoms with Crippen LogP contribution in [0.5, 0.6) is 0 Å². The summed E-state index contributed by atoms with van der Waals surface area (Å²) in [4.78, 5) is 25.1. The van der Waals surface area contributed by atoms with E-state index >= 15 is 0 Å². The molecule has 4 N–H and O–H groups in total. The predicted molar refractivity (Wildman–Crippen MR) is 173 cm³/mol. The Kier molecular flexibility index (Phi) is 12.9. The fourth-order valence-electron chi connectivity index (χ4n) is 5.13. The van der Waals surface area contributed by atoms with Crippen molar-refractivity contribution in [1.82, 2.24) is 9.88 Å². The molecule has 0 bridgehead atoms. The number of carbonyl (C=O) groups is 2. The third-order valence-corrected chi connectivity index (χ3v) is 7.11. The summed E-state index contributed by atoms with van der Waals surface area (Å²) >= 11 is 0. The summed E-state index contributed by atoms with van der Waals surface area (Å²) in [6.07, 6.45) is -0.00452. The van der Waals surface area contributed by atoms with Crippen LogP contribution in [0.15, 0.2) is 84.9 Å². The fraction of sp³-hybridized carbons (Fsp3) is 0.229. The molecule has 1 aromatic heterocycles. The molecule has 0 fully saturated rings. The van der Waals surface area contributed by atoms with E-state index in [4.69, 9.17) is 10.4 Å². The molecule has 2 atom stereocenters. The number of nitrogens with one attached hydrogen (secondary N) is 1. The van der Waals surface area contributed by atoms with Crippen molar-refractivity contribution in [2.45, 2.75) is 51.5 Å². The first-order valence-electron chi connectivity index (χ1n) is 14.2. The van der Waals surface area contributed by atoms with Crippen molar-refractivity contribution in [3.8, 4) is 28.3 Å². The van der Waals surface area contributed by atoms with Crippen LogP contribution in [0.3, 0.4) is 0 Å². The maximum absolute atomic E-state index is 14.1. The number of hydrogen-bond acceptors (Lipinski definition) is 5. The number of carboxylic acids is 1. The average molecular weight is 620 g/mol.